The van der Waals surface area contributed by atoms with Crippen molar-refractivity contribution in [2.24, 2.45) is 7.05 Å². The van der Waals surface area contributed by atoms with Crippen molar-refractivity contribution in [2.75, 3.05) is 5.32 Å². The molecule has 7 nitrogen and oxygen atoms in total. The number of benzene rings is 1. The van der Waals surface area contributed by atoms with Crippen molar-refractivity contribution < 1.29 is 4.79 Å². The molecular weight excluding hydrogens is 384 g/mol. The molecule has 1 amide bonds. The number of rotatable bonds is 4. The topological polar surface area (TPSA) is 77.6 Å². The summed E-state index contributed by atoms with van der Waals surface area (Å²) in [5.74, 6) is -0.160. The third kappa shape index (κ3) is 3.77. The Balaban J connectivity index is 1.70. The average Bonchev–Trinajstić information content (AvgIpc) is 3.05. The van der Waals surface area contributed by atoms with Gasteiger partial charge in [0.1, 0.15) is 6.33 Å². The van der Waals surface area contributed by atoms with Crippen molar-refractivity contribution >= 4 is 39.4 Å². The van der Waals surface area contributed by atoms with E-state index >= 15 is 0 Å². The average molecular weight is 396 g/mol. The standard InChI is InChI=1S/C14H12BrClN6O/c1-21-7-11(15)12(19-21)13(23)18-14-17-8-22(20-14)6-9-3-2-4-10(16)5-9/h2-5,7-8H,6H2,1H3,(H,18,20,23). The third-order valence-corrected chi connectivity index (χ3v) is 3.81. The maximum absolute atomic E-state index is 12.1. The third-order valence-electron chi connectivity index (χ3n) is 2.99. The van der Waals surface area contributed by atoms with Gasteiger partial charge in [-0.2, -0.15) is 5.10 Å². The van der Waals surface area contributed by atoms with Crippen molar-refractivity contribution in [3.63, 3.8) is 0 Å². The van der Waals surface area contributed by atoms with Crippen LogP contribution in [0.4, 0.5) is 5.95 Å². The number of nitrogens with zero attached hydrogens (tertiary/aromatic N) is 5. The molecule has 0 aliphatic heterocycles. The molecular formula is C14H12BrClN6O. The van der Waals surface area contributed by atoms with Crippen LogP contribution in [0.25, 0.3) is 0 Å². The Morgan fingerprint density at radius 1 is 1.39 bits per heavy atom. The highest BCUT2D eigenvalue weighted by Crippen LogP contribution is 2.15. The van der Waals surface area contributed by atoms with Crippen LogP contribution in [0.15, 0.2) is 41.3 Å². The van der Waals surface area contributed by atoms with E-state index in [-0.39, 0.29) is 17.5 Å². The Kier molecular flexibility index (Phi) is 4.44. The van der Waals surface area contributed by atoms with Crippen LogP contribution >= 0.6 is 27.5 Å². The van der Waals surface area contributed by atoms with Crippen LogP contribution in [0, 0.1) is 0 Å². The Bertz CT molecular complexity index is 859. The van der Waals surface area contributed by atoms with Gasteiger partial charge in [0, 0.05) is 18.3 Å². The zero-order valence-electron chi connectivity index (χ0n) is 12.1. The lowest BCUT2D eigenvalue weighted by molar-refractivity contribution is 0.102. The number of halogens is 2. The predicted molar refractivity (Wildman–Crippen MR) is 89.4 cm³/mol. The van der Waals surface area contributed by atoms with Gasteiger partial charge >= 0.3 is 0 Å². The van der Waals surface area contributed by atoms with E-state index in [0.29, 0.717) is 16.0 Å². The predicted octanol–water partition coefficient (Wildman–Crippen LogP) is 2.73. The van der Waals surface area contributed by atoms with Crippen LogP contribution in [0.5, 0.6) is 0 Å². The highest BCUT2D eigenvalue weighted by molar-refractivity contribution is 9.10. The molecule has 0 aliphatic rings. The second kappa shape index (κ2) is 6.51. The summed E-state index contributed by atoms with van der Waals surface area (Å²) in [5.41, 5.74) is 1.27. The summed E-state index contributed by atoms with van der Waals surface area (Å²) >= 11 is 9.24. The zero-order chi connectivity index (χ0) is 16.4. The molecule has 2 aromatic heterocycles. The second-order valence-corrected chi connectivity index (χ2v) is 6.14. The Morgan fingerprint density at radius 3 is 2.91 bits per heavy atom. The van der Waals surface area contributed by atoms with E-state index in [1.807, 2.05) is 24.3 Å². The van der Waals surface area contributed by atoms with Crippen LogP contribution in [-0.4, -0.2) is 30.5 Å². The molecule has 0 spiro atoms. The minimum absolute atomic E-state index is 0.217. The molecule has 23 heavy (non-hydrogen) atoms. The minimum Gasteiger partial charge on any atom is -0.288 e. The van der Waals surface area contributed by atoms with Crippen LogP contribution in [0.3, 0.4) is 0 Å². The summed E-state index contributed by atoms with van der Waals surface area (Å²) in [4.78, 5) is 16.2. The van der Waals surface area contributed by atoms with Crippen LogP contribution in [0.1, 0.15) is 16.1 Å². The molecule has 0 bridgehead atoms. The number of aryl methyl sites for hydroxylation is 1. The largest absolute Gasteiger partial charge is 0.288 e. The first-order chi connectivity index (χ1) is 11.0. The zero-order valence-corrected chi connectivity index (χ0v) is 14.4. The van der Waals surface area contributed by atoms with E-state index in [0.717, 1.165) is 5.56 Å². The molecule has 0 saturated heterocycles. The monoisotopic (exact) mass is 394 g/mol. The van der Waals surface area contributed by atoms with Crippen molar-refractivity contribution in [1.29, 1.82) is 0 Å². The van der Waals surface area contributed by atoms with Gasteiger partial charge in [0.05, 0.1) is 11.0 Å². The summed E-state index contributed by atoms with van der Waals surface area (Å²) in [6, 6.07) is 7.47. The summed E-state index contributed by atoms with van der Waals surface area (Å²) in [5, 5.41) is 11.6. The number of amides is 1. The van der Waals surface area contributed by atoms with Crippen molar-refractivity contribution in [3.8, 4) is 0 Å². The molecule has 0 atom stereocenters. The molecule has 3 aromatic rings. The molecule has 0 radical (unpaired) electrons. The maximum Gasteiger partial charge on any atom is 0.279 e. The van der Waals surface area contributed by atoms with Crippen molar-refractivity contribution in [2.45, 2.75) is 6.54 Å². The van der Waals surface area contributed by atoms with Gasteiger partial charge in [-0.05, 0) is 33.6 Å². The summed E-state index contributed by atoms with van der Waals surface area (Å²) in [6.45, 7) is 0.511. The fourth-order valence-electron chi connectivity index (χ4n) is 2.02. The molecule has 0 unspecified atom stereocenters. The minimum atomic E-state index is -0.377. The SMILES string of the molecule is Cn1cc(Br)c(C(=O)Nc2ncn(Cc3cccc(Cl)c3)n2)n1. The van der Waals surface area contributed by atoms with E-state index in [9.17, 15) is 4.79 Å². The Morgan fingerprint density at radius 2 is 2.22 bits per heavy atom. The molecule has 118 valence electrons. The normalized spacial score (nSPS) is 10.7. The van der Waals surface area contributed by atoms with Gasteiger partial charge in [-0.1, -0.05) is 23.7 Å². The number of hydrogen-bond donors (Lipinski definition) is 1. The second-order valence-electron chi connectivity index (χ2n) is 4.85. The highest BCUT2D eigenvalue weighted by atomic mass is 79.9. The molecule has 2 heterocycles. The molecule has 0 saturated carbocycles. The summed E-state index contributed by atoms with van der Waals surface area (Å²) in [7, 11) is 1.74. The maximum atomic E-state index is 12.1. The summed E-state index contributed by atoms with van der Waals surface area (Å²) < 4.78 is 3.77. The smallest absolute Gasteiger partial charge is 0.279 e. The quantitative estimate of drug-likeness (QED) is 0.737. The lowest BCUT2D eigenvalue weighted by atomic mass is 10.2. The molecule has 0 aliphatic carbocycles. The first kappa shape index (κ1) is 15.7. The van der Waals surface area contributed by atoms with Gasteiger partial charge in [0.25, 0.3) is 5.91 Å². The Hall–Kier alpha value is -2.19. The molecule has 0 fully saturated rings. The summed E-state index contributed by atoms with van der Waals surface area (Å²) in [6.07, 6.45) is 3.24. The van der Waals surface area contributed by atoms with E-state index in [1.54, 1.807) is 28.9 Å². The molecule has 9 heteroatoms. The van der Waals surface area contributed by atoms with E-state index in [1.165, 1.54) is 0 Å². The van der Waals surface area contributed by atoms with Gasteiger partial charge in [0.15, 0.2) is 5.69 Å². The van der Waals surface area contributed by atoms with E-state index in [2.05, 4.69) is 36.4 Å². The van der Waals surface area contributed by atoms with Crippen molar-refractivity contribution in [3.05, 3.63) is 57.5 Å². The van der Waals surface area contributed by atoms with Crippen LogP contribution < -0.4 is 5.32 Å². The molecule has 1 N–H and O–H groups in total. The van der Waals surface area contributed by atoms with Gasteiger partial charge in [-0.25, -0.2) is 9.67 Å². The Labute approximate surface area is 145 Å². The first-order valence-corrected chi connectivity index (χ1v) is 7.83. The molecule has 3 rings (SSSR count). The van der Waals surface area contributed by atoms with Crippen LogP contribution in [0.2, 0.25) is 5.02 Å². The van der Waals surface area contributed by atoms with E-state index < -0.39 is 0 Å². The first-order valence-electron chi connectivity index (χ1n) is 6.65. The number of carbonyl (C=O) groups is 1. The van der Waals surface area contributed by atoms with Crippen molar-refractivity contribution in [1.82, 2.24) is 24.5 Å². The lowest BCUT2D eigenvalue weighted by Gasteiger charge is -2.01. The number of hydrogen-bond acceptors (Lipinski definition) is 4. The van der Waals surface area contributed by atoms with Gasteiger partial charge in [0.2, 0.25) is 5.95 Å². The number of carbonyl (C=O) groups excluding carboxylic acids is 1. The highest BCUT2D eigenvalue weighted by Gasteiger charge is 2.16. The molecule has 1 aromatic carbocycles. The van der Waals surface area contributed by atoms with Crippen LogP contribution in [-0.2, 0) is 13.6 Å². The lowest BCUT2D eigenvalue weighted by Crippen LogP contribution is -2.15. The van der Waals surface area contributed by atoms with Gasteiger partial charge in [-0.15, -0.1) is 5.10 Å². The number of nitrogens with one attached hydrogen (secondary N) is 1. The van der Waals surface area contributed by atoms with Gasteiger partial charge in [-0.3, -0.25) is 14.8 Å². The fourth-order valence-corrected chi connectivity index (χ4v) is 2.79. The fraction of sp³-hybridized carbons (Fsp3) is 0.143. The van der Waals surface area contributed by atoms with E-state index in [4.69, 9.17) is 11.6 Å². The number of anilines is 1. The number of aromatic nitrogens is 5. The van der Waals surface area contributed by atoms with Gasteiger partial charge < -0.3 is 0 Å².